The summed E-state index contributed by atoms with van der Waals surface area (Å²) in [5.41, 5.74) is 3.84. The summed E-state index contributed by atoms with van der Waals surface area (Å²) in [5, 5.41) is 15.0. The molecule has 0 spiro atoms. The molecule has 4 rings (SSSR count). The van der Waals surface area contributed by atoms with E-state index in [9.17, 15) is 10.1 Å². The van der Waals surface area contributed by atoms with Crippen LogP contribution in [0.15, 0.2) is 66.2 Å². The van der Waals surface area contributed by atoms with Gasteiger partial charge in [0, 0.05) is 43.8 Å². The summed E-state index contributed by atoms with van der Waals surface area (Å²) in [6, 6.07) is 20.1. The van der Waals surface area contributed by atoms with E-state index < -0.39 is 5.91 Å². The van der Waals surface area contributed by atoms with Crippen molar-refractivity contribution in [1.82, 2.24) is 4.57 Å². The van der Waals surface area contributed by atoms with E-state index in [2.05, 4.69) is 9.88 Å². The molecule has 176 valence electrons. The number of nitriles is 1. The Morgan fingerprint density at radius 2 is 1.80 bits per heavy atom. The zero-order valence-corrected chi connectivity index (χ0v) is 21.2. The third kappa shape index (κ3) is 5.16. The number of nitrogens with one attached hydrogen (secondary N) is 1. The number of hydrogen-bond acceptors (Lipinski definition) is 3. The number of fused-ring (bicyclic) bond motifs is 1. The number of benzene rings is 3. The summed E-state index contributed by atoms with van der Waals surface area (Å²) >= 11 is 18.6. The average Bonchev–Trinajstić information content (AvgIpc) is 3.09. The number of halogens is 3. The zero-order chi connectivity index (χ0) is 25.1. The van der Waals surface area contributed by atoms with Gasteiger partial charge in [0.2, 0.25) is 0 Å². The van der Waals surface area contributed by atoms with Gasteiger partial charge in [-0.2, -0.15) is 5.26 Å². The lowest BCUT2D eigenvalue weighted by molar-refractivity contribution is -0.112. The molecular weight excluding hydrogens is 505 g/mol. The van der Waals surface area contributed by atoms with Crippen LogP contribution in [-0.2, 0) is 11.3 Å². The summed E-state index contributed by atoms with van der Waals surface area (Å²) in [6.45, 7) is 2.45. The fourth-order valence-corrected chi connectivity index (χ4v) is 4.56. The molecule has 1 aromatic heterocycles. The van der Waals surface area contributed by atoms with Crippen molar-refractivity contribution in [2.45, 2.75) is 13.5 Å². The van der Waals surface area contributed by atoms with Gasteiger partial charge in [-0.05, 0) is 55.0 Å². The van der Waals surface area contributed by atoms with E-state index in [1.807, 2.05) is 43.3 Å². The third-order valence-corrected chi connectivity index (χ3v) is 6.51. The summed E-state index contributed by atoms with van der Waals surface area (Å²) < 4.78 is 7.39. The maximum absolute atomic E-state index is 13.0. The van der Waals surface area contributed by atoms with Crippen molar-refractivity contribution in [2.24, 2.45) is 0 Å². The number of anilines is 1. The number of carbonyl (C=O) groups excluding carboxylic acids is 1. The van der Waals surface area contributed by atoms with Gasteiger partial charge in [0.25, 0.3) is 5.91 Å². The van der Waals surface area contributed by atoms with Gasteiger partial charge in [-0.1, -0.05) is 59.1 Å². The predicted octanol–water partition coefficient (Wildman–Crippen LogP) is 7.51. The smallest absolute Gasteiger partial charge is 0.266 e. The van der Waals surface area contributed by atoms with Gasteiger partial charge in [-0.25, -0.2) is 0 Å². The molecule has 0 fully saturated rings. The van der Waals surface area contributed by atoms with Gasteiger partial charge in [0.1, 0.15) is 17.4 Å². The largest absolute Gasteiger partial charge is 0.495 e. The molecule has 8 heteroatoms. The first-order valence-electron chi connectivity index (χ1n) is 10.6. The highest BCUT2D eigenvalue weighted by Gasteiger charge is 2.18. The highest BCUT2D eigenvalue weighted by atomic mass is 35.5. The van der Waals surface area contributed by atoms with Gasteiger partial charge in [0.05, 0.1) is 12.8 Å². The topological polar surface area (TPSA) is 67.0 Å². The van der Waals surface area contributed by atoms with E-state index in [4.69, 9.17) is 39.5 Å². The molecule has 35 heavy (non-hydrogen) atoms. The molecule has 0 bridgehead atoms. The molecule has 4 aromatic rings. The van der Waals surface area contributed by atoms with Crippen LogP contribution < -0.4 is 10.1 Å². The molecule has 0 atom stereocenters. The third-order valence-electron chi connectivity index (χ3n) is 5.69. The molecule has 1 N–H and O–H groups in total. The summed E-state index contributed by atoms with van der Waals surface area (Å²) in [5.74, 6) is -0.127. The molecule has 5 nitrogen and oxygen atoms in total. The first-order chi connectivity index (χ1) is 16.8. The standard InChI is InChI=1S/C27H20Cl3N3O2/c1-16-22(11-18(14-31)27(34)32-24-13-20(29)9-10-26(24)35-2)21-5-3-4-6-25(21)33(16)15-17-7-8-19(28)12-23(17)30/h3-13H,15H2,1-2H3,(H,32,34)/b18-11+. The van der Waals surface area contributed by atoms with E-state index >= 15 is 0 Å². The first kappa shape index (κ1) is 24.7. The van der Waals surface area contributed by atoms with Crippen LogP contribution in [0.2, 0.25) is 15.1 Å². The van der Waals surface area contributed by atoms with Crippen molar-refractivity contribution in [3.63, 3.8) is 0 Å². The highest BCUT2D eigenvalue weighted by molar-refractivity contribution is 6.35. The van der Waals surface area contributed by atoms with Crippen molar-refractivity contribution < 1.29 is 9.53 Å². The molecule has 3 aromatic carbocycles. The number of methoxy groups -OCH3 is 1. The Morgan fingerprint density at radius 1 is 1.09 bits per heavy atom. The number of ether oxygens (including phenoxy) is 1. The summed E-state index contributed by atoms with van der Waals surface area (Å²) in [7, 11) is 1.49. The Balaban J connectivity index is 1.75. The van der Waals surface area contributed by atoms with Crippen molar-refractivity contribution in [1.29, 1.82) is 5.26 Å². The van der Waals surface area contributed by atoms with E-state index in [0.717, 1.165) is 27.7 Å². The molecule has 0 saturated carbocycles. The summed E-state index contributed by atoms with van der Waals surface area (Å²) in [6.07, 6.45) is 1.60. The minimum atomic E-state index is -0.565. The van der Waals surface area contributed by atoms with Crippen LogP contribution >= 0.6 is 34.8 Å². The van der Waals surface area contributed by atoms with E-state index in [1.54, 1.807) is 36.4 Å². The lowest BCUT2D eigenvalue weighted by atomic mass is 10.1. The van der Waals surface area contributed by atoms with Gasteiger partial charge in [-0.3, -0.25) is 4.79 Å². The average molecular weight is 525 g/mol. The highest BCUT2D eigenvalue weighted by Crippen LogP contribution is 2.32. The predicted molar refractivity (Wildman–Crippen MR) is 142 cm³/mol. The Labute approximate surface area is 218 Å². The zero-order valence-electron chi connectivity index (χ0n) is 18.9. The van der Waals surface area contributed by atoms with Gasteiger partial charge >= 0.3 is 0 Å². The minimum Gasteiger partial charge on any atom is -0.495 e. The molecule has 0 aliphatic rings. The molecule has 0 unspecified atom stereocenters. The van der Waals surface area contributed by atoms with Crippen molar-refractivity contribution in [3.05, 3.63) is 98.1 Å². The van der Waals surface area contributed by atoms with E-state index in [0.29, 0.717) is 33.0 Å². The maximum atomic E-state index is 13.0. The fraction of sp³-hybridized carbons (Fsp3) is 0.111. The van der Waals surface area contributed by atoms with Gasteiger partial charge in [0.15, 0.2) is 0 Å². The van der Waals surface area contributed by atoms with E-state index in [1.165, 1.54) is 7.11 Å². The van der Waals surface area contributed by atoms with Crippen LogP contribution in [0.1, 0.15) is 16.8 Å². The lowest BCUT2D eigenvalue weighted by Gasteiger charge is -2.11. The van der Waals surface area contributed by atoms with E-state index in [-0.39, 0.29) is 5.57 Å². The van der Waals surface area contributed by atoms with Crippen LogP contribution in [-0.4, -0.2) is 17.6 Å². The second-order valence-electron chi connectivity index (χ2n) is 7.81. The Hall–Kier alpha value is -3.43. The van der Waals surface area contributed by atoms with Crippen molar-refractivity contribution in [2.75, 3.05) is 12.4 Å². The number of aromatic nitrogens is 1. The number of carbonyl (C=O) groups is 1. The first-order valence-corrected chi connectivity index (χ1v) is 11.7. The van der Waals surface area contributed by atoms with Crippen LogP contribution in [0, 0.1) is 18.3 Å². The Kier molecular flexibility index (Phi) is 7.37. The van der Waals surface area contributed by atoms with Gasteiger partial charge in [-0.15, -0.1) is 0 Å². The number of nitrogens with zero attached hydrogens (tertiary/aromatic N) is 2. The second-order valence-corrected chi connectivity index (χ2v) is 9.09. The summed E-state index contributed by atoms with van der Waals surface area (Å²) in [4.78, 5) is 13.0. The lowest BCUT2D eigenvalue weighted by Crippen LogP contribution is -2.14. The fourth-order valence-electron chi connectivity index (χ4n) is 3.92. The minimum absolute atomic E-state index is 0.0532. The second kappa shape index (κ2) is 10.5. The normalized spacial score (nSPS) is 11.4. The monoisotopic (exact) mass is 523 g/mol. The molecule has 0 radical (unpaired) electrons. The Bertz CT molecular complexity index is 1520. The molecule has 0 aliphatic carbocycles. The maximum Gasteiger partial charge on any atom is 0.266 e. The molecule has 0 aliphatic heterocycles. The van der Waals surface area contributed by atoms with Crippen LogP contribution in [0.4, 0.5) is 5.69 Å². The van der Waals surface area contributed by atoms with Gasteiger partial charge < -0.3 is 14.6 Å². The molecular formula is C27H20Cl3N3O2. The van der Waals surface area contributed by atoms with Crippen molar-refractivity contribution >= 4 is 63.4 Å². The number of hydrogen-bond donors (Lipinski definition) is 1. The molecule has 1 amide bonds. The number of rotatable bonds is 6. The van der Waals surface area contributed by atoms with Crippen molar-refractivity contribution in [3.8, 4) is 11.8 Å². The quantitative estimate of drug-likeness (QED) is 0.210. The number of amides is 1. The Morgan fingerprint density at radius 3 is 2.51 bits per heavy atom. The molecule has 1 heterocycles. The van der Waals surface area contributed by atoms with Crippen LogP contribution in [0.3, 0.4) is 0 Å². The SMILES string of the molecule is COc1ccc(Cl)cc1NC(=O)/C(C#N)=C/c1c(C)n(Cc2ccc(Cl)cc2Cl)c2ccccc12. The van der Waals surface area contributed by atoms with Crippen LogP contribution in [0.5, 0.6) is 5.75 Å². The van der Waals surface area contributed by atoms with Crippen LogP contribution in [0.25, 0.3) is 17.0 Å². The number of para-hydroxylation sites is 1. The molecule has 0 saturated heterocycles.